The van der Waals surface area contributed by atoms with E-state index in [1.54, 1.807) is 18.1 Å². The van der Waals surface area contributed by atoms with Crippen LogP contribution in [0.1, 0.15) is 50.2 Å². The van der Waals surface area contributed by atoms with Gasteiger partial charge in [-0.25, -0.2) is 0 Å². The first-order valence-electron chi connectivity index (χ1n) is 8.78. The minimum Gasteiger partial charge on any atom is -0.354 e. The third kappa shape index (κ3) is 4.10. The average Bonchev–Trinajstić information content (AvgIpc) is 2.53. The summed E-state index contributed by atoms with van der Waals surface area (Å²) in [5.74, 6) is 0.889. The van der Waals surface area contributed by atoms with Crippen molar-refractivity contribution in [2.45, 2.75) is 64.0 Å². The summed E-state index contributed by atoms with van der Waals surface area (Å²) in [6.07, 6.45) is 8.38. The Morgan fingerprint density at radius 2 is 1.73 bits per heavy atom. The first kappa shape index (κ1) is 15.5. The van der Waals surface area contributed by atoms with E-state index in [0.29, 0.717) is 12.1 Å². The van der Waals surface area contributed by atoms with Crippen molar-refractivity contribution in [2.75, 3.05) is 6.54 Å². The van der Waals surface area contributed by atoms with E-state index in [2.05, 4.69) is 34.9 Å². The Bertz CT molecular complexity index is 506. The van der Waals surface area contributed by atoms with Crippen molar-refractivity contribution >= 4 is 5.91 Å². The van der Waals surface area contributed by atoms with E-state index >= 15 is 0 Å². The van der Waals surface area contributed by atoms with Crippen molar-refractivity contribution in [3.63, 3.8) is 0 Å². The highest BCUT2D eigenvalue weighted by Gasteiger charge is 2.23. The van der Waals surface area contributed by atoms with Crippen LogP contribution in [0.4, 0.5) is 0 Å². The number of hydrogen-bond donors (Lipinski definition) is 2. The van der Waals surface area contributed by atoms with Gasteiger partial charge in [-0.1, -0.05) is 24.3 Å². The lowest BCUT2D eigenvalue weighted by molar-refractivity contribution is -0.119. The van der Waals surface area contributed by atoms with Crippen molar-refractivity contribution in [3.05, 3.63) is 35.4 Å². The van der Waals surface area contributed by atoms with Crippen molar-refractivity contribution in [2.24, 2.45) is 5.92 Å². The molecule has 22 heavy (non-hydrogen) atoms. The first-order valence-corrected chi connectivity index (χ1v) is 8.78. The Hall–Kier alpha value is -1.35. The number of nitrogens with one attached hydrogen (secondary N) is 2. The first-order chi connectivity index (χ1) is 10.7. The summed E-state index contributed by atoms with van der Waals surface area (Å²) in [6.45, 7) is 2.76. The molecule has 2 aliphatic carbocycles. The van der Waals surface area contributed by atoms with Gasteiger partial charge in [0.15, 0.2) is 0 Å². The highest BCUT2D eigenvalue weighted by molar-refractivity contribution is 5.73. The summed E-state index contributed by atoms with van der Waals surface area (Å²) in [4.78, 5) is 11.1. The van der Waals surface area contributed by atoms with E-state index < -0.39 is 0 Å². The molecule has 0 aliphatic heterocycles. The minimum atomic E-state index is 0.109. The average molecular weight is 300 g/mol. The maximum Gasteiger partial charge on any atom is 0.217 e. The number of carbonyl (C=O) groups excluding carboxylic acids is 1. The Labute approximate surface area is 133 Å². The van der Waals surface area contributed by atoms with Crippen LogP contribution in [-0.2, 0) is 17.6 Å². The van der Waals surface area contributed by atoms with Crippen LogP contribution in [-0.4, -0.2) is 24.5 Å². The van der Waals surface area contributed by atoms with E-state index in [-0.39, 0.29) is 5.91 Å². The summed E-state index contributed by atoms with van der Waals surface area (Å²) in [5.41, 5.74) is 3.10. The molecule has 0 radical (unpaired) electrons. The number of amides is 1. The Morgan fingerprint density at radius 1 is 1.05 bits per heavy atom. The lowest BCUT2D eigenvalue weighted by Gasteiger charge is -2.32. The molecule has 3 heteroatoms. The third-order valence-electron chi connectivity index (χ3n) is 5.28. The molecule has 1 unspecified atom stereocenters. The van der Waals surface area contributed by atoms with Crippen LogP contribution in [0.5, 0.6) is 0 Å². The number of rotatable bonds is 4. The zero-order chi connectivity index (χ0) is 15.4. The fraction of sp³-hybridized carbons (Fsp3) is 0.632. The minimum absolute atomic E-state index is 0.109. The van der Waals surface area contributed by atoms with Gasteiger partial charge >= 0.3 is 0 Å². The maximum absolute atomic E-state index is 11.1. The number of fused-ring (bicyclic) bond motifs is 1. The zero-order valence-electron chi connectivity index (χ0n) is 13.6. The van der Waals surface area contributed by atoms with Gasteiger partial charge in [-0.3, -0.25) is 4.79 Å². The van der Waals surface area contributed by atoms with Gasteiger partial charge in [0.05, 0.1) is 0 Å². The molecule has 0 saturated heterocycles. The number of carbonyl (C=O) groups is 1. The van der Waals surface area contributed by atoms with Crippen molar-refractivity contribution in [1.82, 2.24) is 10.6 Å². The summed E-state index contributed by atoms with van der Waals surface area (Å²) >= 11 is 0. The Kier molecular flexibility index (Phi) is 5.14. The van der Waals surface area contributed by atoms with E-state index in [1.807, 2.05) is 0 Å². The van der Waals surface area contributed by atoms with Crippen molar-refractivity contribution in [3.8, 4) is 0 Å². The molecule has 0 aromatic heterocycles. The topological polar surface area (TPSA) is 41.1 Å². The van der Waals surface area contributed by atoms with Gasteiger partial charge in [-0.15, -0.1) is 0 Å². The van der Waals surface area contributed by atoms with Gasteiger partial charge in [-0.2, -0.15) is 0 Å². The van der Waals surface area contributed by atoms with Crippen LogP contribution >= 0.6 is 0 Å². The summed E-state index contributed by atoms with van der Waals surface area (Å²) in [5, 5.41) is 6.84. The van der Waals surface area contributed by atoms with Gasteiger partial charge in [0, 0.05) is 19.0 Å². The standard InChI is InChI=1S/C19H28N2O/c1-14(22)21-19-10-8-18(9-11-19)20-13-15-6-7-16-4-2-3-5-17(16)12-15/h2-5,15,18-20H,6-13H2,1H3,(H,21,22). The predicted octanol–water partition coefficient (Wildman–Crippen LogP) is 2.83. The molecule has 3 nitrogen and oxygen atoms in total. The molecule has 1 aromatic rings. The second-order valence-electron chi connectivity index (χ2n) is 7.03. The normalized spacial score (nSPS) is 28.0. The van der Waals surface area contributed by atoms with E-state index in [4.69, 9.17) is 0 Å². The van der Waals surface area contributed by atoms with Crippen molar-refractivity contribution < 1.29 is 4.79 Å². The maximum atomic E-state index is 11.1. The van der Waals surface area contributed by atoms with E-state index in [0.717, 1.165) is 25.3 Å². The van der Waals surface area contributed by atoms with Crippen LogP contribution in [0.15, 0.2) is 24.3 Å². The van der Waals surface area contributed by atoms with Crippen LogP contribution in [0.2, 0.25) is 0 Å². The highest BCUT2D eigenvalue weighted by atomic mass is 16.1. The van der Waals surface area contributed by atoms with Gasteiger partial charge in [0.1, 0.15) is 0 Å². The highest BCUT2D eigenvalue weighted by Crippen LogP contribution is 2.25. The molecule has 120 valence electrons. The zero-order valence-corrected chi connectivity index (χ0v) is 13.6. The molecule has 1 atom stereocenters. The Balaban J connectivity index is 1.40. The predicted molar refractivity (Wildman–Crippen MR) is 89.8 cm³/mol. The van der Waals surface area contributed by atoms with Gasteiger partial charge in [0.2, 0.25) is 5.91 Å². The number of benzene rings is 1. The van der Waals surface area contributed by atoms with Crippen LogP contribution in [0.3, 0.4) is 0 Å². The molecule has 2 aliphatic rings. The molecular formula is C19H28N2O. The SMILES string of the molecule is CC(=O)NC1CCC(NCC2CCc3ccccc3C2)CC1. The molecule has 1 amide bonds. The second kappa shape index (κ2) is 7.28. The third-order valence-corrected chi connectivity index (χ3v) is 5.28. The quantitative estimate of drug-likeness (QED) is 0.898. The molecule has 1 fully saturated rings. The monoisotopic (exact) mass is 300 g/mol. The molecule has 0 bridgehead atoms. The summed E-state index contributed by atoms with van der Waals surface area (Å²) in [6, 6.07) is 9.94. The van der Waals surface area contributed by atoms with Crippen LogP contribution in [0, 0.1) is 5.92 Å². The van der Waals surface area contributed by atoms with E-state index in [1.165, 1.54) is 32.1 Å². The van der Waals surface area contributed by atoms with Crippen LogP contribution < -0.4 is 10.6 Å². The van der Waals surface area contributed by atoms with Gasteiger partial charge < -0.3 is 10.6 Å². The van der Waals surface area contributed by atoms with Crippen molar-refractivity contribution in [1.29, 1.82) is 0 Å². The molecule has 3 rings (SSSR count). The molecule has 0 heterocycles. The van der Waals surface area contributed by atoms with Gasteiger partial charge in [-0.05, 0) is 68.5 Å². The van der Waals surface area contributed by atoms with Gasteiger partial charge in [0.25, 0.3) is 0 Å². The fourth-order valence-corrected chi connectivity index (χ4v) is 4.01. The molecular weight excluding hydrogens is 272 g/mol. The summed E-state index contributed by atoms with van der Waals surface area (Å²) < 4.78 is 0. The smallest absolute Gasteiger partial charge is 0.217 e. The number of aryl methyl sites for hydroxylation is 1. The second-order valence-corrected chi connectivity index (χ2v) is 7.03. The Morgan fingerprint density at radius 3 is 2.45 bits per heavy atom. The lowest BCUT2D eigenvalue weighted by Crippen LogP contribution is -2.43. The number of hydrogen-bond acceptors (Lipinski definition) is 2. The summed E-state index contributed by atoms with van der Waals surface area (Å²) in [7, 11) is 0. The lowest BCUT2D eigenvalue weighted by atomic mass is 9.83. The fourth-order valence-electron chi connectivity index (χ4n) is 4.01. The molecule has 1 aromatic carbocycles. The molecule has 0 spiro atoms. The molecule has 2 N–H and O–H groups in total. The van der Waals surface area contributed by atoms with Crippen LogP contribution in [0.25, 0.3) is 0 Å². The largest absolute Gasteiger partial charge is 0.354 e. The van der Waals surface area contributed by atoms with E-state index in [9.17, 15) is 4.79 Å². The molecule has 1 saturated carbocycles.